The van der Waals surface area contributed by atoms with Gasteiger partial charge in [0.05, 0.1) is 29.5 Å². The summed E-state index contributed by atoms with van der Waals surface area (Å²) >= 11 is 7.79. The topological polar surface area (TPSA) is 46.9 Å². The number of ether oxygens (including phenoxy) is 1. The predicted molar refractivity (Wildman–Crippen MR) is 103 cm³/mol. The molecule has 1 aliphatic rings. The molecule has 136 valence electrons. The van der Waals surface area contributed by atoms with Gasteiger partial charge in [0.2, 0.25) is 5.91 Å². The van der Waals surface area contributed by atoms with E-state index in [0.29, 0.717) is 18.0 Å². The van der Waals surface area contributed by atoms with Crippen LogP contribution < -0.4 is 9.80 Å². The van der Waals surface area contributed by atoms with E-state index in [9.17, 15) is 4.79 Å². The number of amides is 1. The summed E-state index contributed by atoms with van der Waals surface area (Å²) in [5.74, 6) is 0.148. The molecule has 0 atom stereocenters. The van der Waals surface area contributed by atoms with E-state index in [0.717, 1.165) is 61.0 Å². The molecule has 25 heavy (non-hydrogen) atoms. The number of carbonyl (C=O) groups excluding carboxylic acids is 1. The molecule has 5 nitrogen and oxygen atoms in total. The summed E-state index contributed by atoms with van der Waals surface area (Å²) in [5, 5.41) is 1.40. The summed E-state index contributed by atoms with van der Waals surface area (Å²) in [7, 11) is 0. The number of rotatable bonds is 7. The molecule has 1 amide bonds. The third kappa shape index (κ3) is 4.70. The van der Waals surface area contributed by atoms with Crippen molar-refractivity contribution in [2.75, 3.05) is 44.3 Å². The summed E-state index contributed by atoms with van der Waals surface area (Å²) < 4.78 is 6.43. The molecule has 0 bridgehead atoms. The highest BCUT2D eigenvalue weighted by molar-refractivity contribution is 7.22. The molecular formula is C18H25ClN3O2S+. The van der Waals surface area contributed by atoms with Crippen molar-refractivity contribution < 1.29 is 14.4 Å². The average molecular weight is 383 g/mol. The van der Waals surface area contributed by atoms with Crippen LogP contribution in [0.25, 0.3) is 10.2 Å². The van der Waals surface area contributed by atoms with Crippen LogP contribution in [-0.4, -0.2) is 50.3 Å². The van der Waals surface area contributed by atoms with Crippen LogP contribution in [0, 0.1) is 0 Å². The van der Waals surface area contributed by atoms with E-state index in [-0.39, 0.29) is 5.91 Å². The Bertz CT molecular complexity index is 715. The van der Waals surface area contributed by atoms with Gasteiger partial charge in [0.15, 0.2) is 5.13 Å². The third-order valence-corrected chi connectivity index (χ3v) is 5.81. The Hall–Kier alpha value is -1.21. The van der Waals surface area contributed by atoms with Crippen molar-refractivity contribution in [3.63, 3.8) is 0 Å². The summed E-state index contributed by atoms with van der Waals surface area (Å²) in [6.07, 6.45) is 2.36. The zero-order chi connectivity index (χ0) is 17.6. The zero-order valence-electron chi connectivity index (χ0n) is 14.6. The molecule has 1 saturated heterocycles. The number of nitrogens with zero attached hydrogens (tertiary/aromatic N) is 2. The first-order valence-electron chi connectivity index (χ1n) is 8.95. The van der Waals surface area contributed by atoms with Crippen LogP contribution in [-0.2, 0) is 9.53 Å². The highest BCUT2D eigenvalue weighted by Crippen LogP contribution is 2.33. The lowest BCUT2D eigenvalue weighted by Gasteiger charge is -2.25. The van der Waals surface area contributed by atoms with Crippen LogP contribution in [0.3, 0.4) is 0 Å². The van der Waals surface area contributed by atoms with E-state index in [1.54, 1.807) is 16.2 Å². The Balaban J connectivity index is 1.71. The molecule has 2 heterocycles. The van der Waals surface area contributed by atoms with E-state index in [1.165, 1.54) is 0 Å². The van der Waals surface area contributed by atoms with Gasteiger partial charge in [-0.15, -0.1) is 0 Å². The van der Waals surface area contributed by atoms with Gasteiger partial charge in [-0.3, -0.25) is 9.69 Å². The fourth-order valence-electron chi connectivity index (χ4n) is 3.09. The number of anilines is 1. The quantitative estimate of drug-likeness (QED) is 0.799. The Morgan fingerprint density at radius 1 is 1.40 bits per heavy atom. The first-order valence-corrected chi connectivity index (χ1v) is 10.1. The first kappa shape index (κ1) is 18.6. The van der Waals surface area contributed by atoms with Crippen LogP contribution in [0.15, 0.2) is 18.2 Å². The van der Waals surface area contributed by atoms with Crippen molar-refractivity contribution in [3.8, 4) is 0 Å². The minimum absolute atomic E-state index is 0.148. The largest absolute Gasteiger partial charge is 0.370 e. The molecular weight excluding hydrogens is 358 g/mol. The summed E-state index contributed by atoms with van der Waals surface area (Å²) in [4.78, 5) is 20.7. The number of aromatic nitrogens is 1. The highest BCUT2D eigenvalue weighted by Gasteiger charge is 2.21. The van der Waals surface area contributed by atoms with Crippen molar-refractivity contribution in [2.45, 2.75) is 26.2 Å². The molecule has 0 radical (unpaired) electrons. The smallest absolute Gasteiger partial charge is 0.228 e. The lowest BCUT2D eigenvalue weighted by molar-refractivity contribution is -0.908. The fraction of sp³-hybridized carbons (Fsp3) is 0.556. The van der Waals surface area contributed by atoms with Gasteiger partial charge in [0, 0.05) is 19.4 Å². The molecule has 0 aliphatic carbocycles. The molecule has 0 saturated carbocycles. The second-order valence-electron chi connectivity index (χ2n) is 6.34. The van der Waals surface area contributed by atoms with E-state index in [2.05, 4.69) is 4.98 Å². The molecule has 1 aliphatic heterocycles. The maximum Gasteiger partial charge on any atom is 0.228 e. The highest BCUT2D eigenvalue weighted by atomic mass is 35.5. The van der Waals surface area contributed by atoms with E-state index >= 15 is 0 Å². The molecule has 7 heteroatoms. The number of hydrogen-bond acceptors (Lipinski definition) is 4. The molecule has 0 spiro atoms. The monoisotopic (exact) mass is 382 g/mol. The Labute approximate surface area is 157 Å². The molecule has 1 fully saturated rings. The Kier molecular flexibility index (Phi) is 6.64. The van der Waals surface area contributed by atoms with Gasteiger partial charge in [-0.05, 0) is 18.6 Å². The molecule has 1 aromatic heterocycles. The number of benzene rings is 1. The van der Waals surface area contributed by atoms with Gasteiger partial charge in [-0.2, -0.15) is 0 Å². The van der Waals surface area contributed by atoms with Gasteiger partial charge in [0.25, 0.3) is 0 Å². The normalized spacial score (nSPS) is 15.6. The van der Waals surface area contributed by atoms with Crippen molar-refractivity contribution in [1.82, 2.24) is 4.98 Å². The number of thiazole rings is 1. The van der Waals surface area contributed by atoms with Crippen LogP contribution in [0.2, 0.25) is 5.02 Å². The number of quaternary nitrogens is 1. The van der Waals surface area contributed by atoms with Crippen LogP contribution in [0.1, 0.15) is 26.2 Å². The number of morpholine rings is 1. The number of halogens is 1. The minimum Gasteiger partial charge on any atom is -0.370 e. The second kappa shape index (κ2) is 8.94. The van der Waals surface area contributed by atoms with Gasteiger partial charge in [-0.1, -0.05) is 35.9 Å². The van der Waals surface area contributed by atoms with Crippen molar-refractivity contribution in [1.29, 1.82) is 0 Å². The number of fused-ring (bicyclic) bond motifs is 1. The fourth-order valence-corrected chi connectivity index (χ4v) is 4.40. The summed E-state index contributed by atoms with van der Waals surface area (Å²) in [5.41, 5.74) is 0.789. The number of nitrogens with one attached hydrogen (secondary N) is 1. The molecule has 1 aromatic carbocycles. The van der Waals surface area contributed by atoms with Crippen LogP contribution >= 0.6 is 22.9 Å². The number of hydrogen-bond donors (Lipinski definition) is 1. The number of carbonyl (C=O) groups is 1. The number of para-hydroxylation sites is 1. The lowest BCUT2D eigenvalue weighted by atomic mass is 10.2. The second-order valence-corrected chi connectivity index (χ2v) is 7.76. The summed E-state index contributed by atoms with van der Waals surface area (Å²) in [6, 6.07) is 5.77. The van der Waals surface area contributed by atoms with Crippen LogP contribution in [0.4, 0.5) is 5.13 Å². The Morgan fingerprint density at radius 2 is 2.20 bits per heavy atom. The third-order valence-electron chi connectivity index (χ3n) is 4.47. The molecule has 0 unspecified atom stereocenters. The van der Waals surface area contributed by atoms with Gasteiger partial charge < -0.3 is 9.64 Å². The summed E-state index contributed by atoms with van der Waals surface area (Å²) in [6.45, 7) is 7.59. The first-order chi connectivity index (χ1) is 12.2. The standard InChI is InChI=1S/C18H24ClN3O2S/c1-2-5-16(23)22(9-4-8-21-10-12-24-13-11-21)18-20-17-14(19)6-3-7-15(17)25-18/h3,6-7H,2,4-5,8-13H2,1H3/p+1. The molecule has 2 aromatic rings. The van der Waals surface area contributed by atoms with E-state index in [1.807, 2.05) is 30.0 Å². The van der Waals surface area contributed by atoms with Crippen molar-refractivity contribution in [3.05, 3.63) is 23.2 Å². The van der Waals surface area contributed by atoms with Gasteiger partial charge in [0.1, 0.15) is 18.6 Å². The SMILES string of the molecule is CCCC(=O)N(CCC[NH+]1CCOCC1)c1nc2c(Cl)cccc2s1. The molecule has 3 rings (SSSR count). The van der Waals surface area contributed by atoms with E-state index < -0.39 is 0 Å². The van der Waals surface area contributed by atoms with Crippen molar-refractivity contribution in [2.24, 2.45) is 0 Å². The zero-order valence-corrected chi connectivity index (χ0v) is 16.2. The molecule has 1 N–H and O–H groups in total. The predicted octanol–water partition coefficient (Wildman–Crippen LogP) is 2.39. The minimum atomic E-state index is 0.148. The average Bonchev–Trinajstić information content (AvgIpc) is 3.05. The van der Waals surface area contributed by atoms with E-state index in [4.69, 9.17) is 16.3 Å². The lowest BCUT2D eigenvalue weighted by Crippen LogP contribution is -3.14. The van der Waals surface area contributed by atoms with Crippen molar-refractivity contribution >= 4 is 44.2 Å². The van der Waals surface area contributed by atoms with Gasteiger partial charge >= 0.3 is 0 Å². The van der Waals surface area contributed by atoms with Crippen LogP contribution in [0.5, 0.6) is 0 Å². The van der Waals surface area contributed by atoms with Gasteiger partial charge in [-0.25, -0.2) is 4.98 Å². The maximum atomic E-state index is 12.6. The Morgan fingerprint density at radius 3 is 2.92 bits per heavy atom. The maximum absolute atomic E-state index is 12.6.